The standard InChI is InChI=1S/C8H20O2P2.C6H16O2P2.C2H6O2.C2H8P2.CH4O.CH4.H2/c1-9-3-4-10-5-6-12-8-7-11-2;7-1-2-8-3-5-10-6-4-9;2*3-1-2-4;1-2;;/h11-12H,3-8H2,1-2H3;7,10H,1-6,9H2;3-4H,1-2H2;1-4H2;2H,1H3;1H4;1H/p+2/i;;;;;;1+1. The van der Waals surface area contributed by atoms with Crippen molar-refractivity contribution in [3.8, 4) is 0 Å². The van der Waals surface area contributed by atoms with Gasteiger partial charge < -0.3 is 34.6 Å². The third-order valence-corrected chi connectivity index (χ3v) is 8.46. The normalized spacial score (nSPS) is 10.0. The van der Waals surface area contributed by atoms with Crippen LogP contribution in [0.4, 0.5) is 0 Å². The van der Waals surface area contributed by atoms with Crippen LogP contribution in [0, 0.1) is 0 Å². The van der Waals surface area contributed by atoms with Crippen LogP contribution in [0.1, 0.15) is 11.7 Å². The number of hydrogen-bond acceptors (Lipinski definition) is 7. The van der Waals surface area contributed by atoms with Crippen molar-refractivity contribution in [2.24, 2.45) is 0 Å². The number of aliphatic hydroxyl groups excluding tert-OH is 4. The molecule has 0 aromatic carbocycles. The molecule has 0 aliphatic carbocycles. The van der Waals surface area contributed by atoms with Gasteiger partial charge in [0.2, 0.25) is 0 Å². The highest BCUT2D eigenvalue weighted by molar-refractivity contribution is 7.42. The van der Waals surface area contributed by atoms with Crippen molar-refractivity contribution in [1.82, 2.24) is 0 Å². The Morgan fingerprint density at radius 3 is 1.52 bits per heavy atom. The van der Waals surface area contributed by atoms with E-state index in [1.807, 2.05) is 0 Å². The van der Waals surface area contributed by atoms with Crippen molar-refractivity contribution in [3.63, 3.8) is 0 Å². The van der Waals surface area contributed by atoms with Crippen molar-refractivity contribution in [2.75, 3.05) is 123 Å². The molecule has 0 aromatic heterocycles. The molecule has 0 saturated heterocycles. The highest BCUT2D eigenvalue weighted by Gasteiger charge is 1.89. The molecule has 0 heterocycles. The van der Waals surface area contributed by atoms with Crippen LogP contribution in [0.3, 0.4) is 0 Å². The topological polar surface area (TPSA) is 109 Å². The van der Waals surface area contributed by atoms with Gasteiger partial charge in [-0.25, -0.2) is 0 Å². The number of ether oxygens (including phenoxy) is 3. The van der Waals surface area contributed by atoms with Gasteiger partial charge in [-0.1, -0.05) is 7.43 Å². The Hall–Kier alpha value is 2.30. The second kappa shape index (κ2) is 64.4. The summed E-state index contributed by atoms with van der Waals surface area (Å²) in [5.74, 6) is 0. The first kappa shape index (κ1) is 48.4. The van der Waals surface area contributed by atoms with Gasteiger partial charge in [0.05, 0.1) is 52.9 Å². The van der Waals surface area contributed by atoms with E-state index in [2.05, 4.69) is 34.4 Å². The minimum absolute atomic E-state index is 0. The Kier molecular flexibility index (Phi) is 94.4. The summed E-state index contributed by atoms with van der Waals surface area (Å²) in [6.07, 6.45) is 10.0. The molecule has 0 fully saturated rings. The summed E-state index contributed by atoms with van der Waals surface area (Å²) in [7, 11) is 13.9. The van der Waals surface area contributed by atoms with E-state index in [9.17, 15) is 0 Å². The highest BCUT2D eigenvalue weighted by atomic mass is 31.1. The molecular formula is C20H62O7P6+2. The summed E-state index contributed by atoms with van der Waals surface area (Å²) >= 11 is 0. The van der Waals surface area contributed by atoms with Gasteiger partial charge in [0.25, 0.3) is 0 Å². The minimum Gasteiger partial charge on any atom is -0.400 e. The summed E-state index contributed by atoms with van der Waals surface area (Å²) in [4.78, 5) is 0. The highest BCUT2D eigenvalue weighted by Crippen LogP contribution is 2.13. The van der Waals surface area contributed by atoms with Crippen molar-refractivity contribution in [3.05, 3.63) is 0 Å². The molecule has 33 heavy (non-hydrogen) atoms. The molecule has 13 heteroatoms. The predicted octanol–water partition coefficient (Wildman–Crippen LogP) is 2.61. The Bertz CT molecular complexity index is 230. The van der Waals surface area contributed by atoms with Gasteiger partial charge in [-0.05, 0) is 56.0 Å². The molecule has 0 amide bonds. The van der Waals surface area contributed by atoms with Gasteiger partial charge in [0.15, 0.2) is 0 Å². The zero-order chi connectivity index (χ0) is 25.6. The van der Waals surface area contributed by atoms with Gasteiger partial charge in [-0.15, -0.1) is 53.5 Å². The van der Waals surface area contributed by atoms with E-state index in [4.69, 9.17) is 34.6 Å². The smallest absolute Gasteiger partial charge is 0.400 e. The maximum Gasteiger partial charge on any atom is 1.00 e. The van der Waals surface area contributed by atoms with E-state index in [-0.39, 0.29) is 31.5 Å². The summed E-state index contributed by atoms with van der Waals surface area (Å²) in [5, 5.41) is 30.6. The summed E-state index contributed by atoms with van der Waals surface area (Å²) < 4.78 is 15.3. The molecule has 0 saturated carbocycles. The fourth-order valence-electron chi connectivity index (χ4n) is 1.27. The maximum atomic E-state index is 8.34. The fourth-order valence-corrected chi connectivity index (χ4v) is 4.87. The van der Waals surface area contributed by atoms with Crippen LogP contribution in [0.5, 0.6) is 0 Å². The summed E-state index contributed by atoms with van der Waals surface area (Å²) in [5.41, 5.74) is 0. The first-order valence-electron chi connectivity index (χ1n) is 10.7. The van der Waals surface area contributed by atoms with Crippen LogP contribution >= 0.6 is 53.5 Å². The van der Waals surface area contributed by atoms with E-state index in [1.165, 1.54) is 43.1 Å². The lowest BCUT2D eigenvalue weighted by Crippen LogP contribution is -2.04. The third kappa shape index (κ3) is 86.8. The fraction of sp³-hybridized carbons (Fsp3) is 1.00. The number of rotatable bonds is 18. The van der Waals surface area contributed by atoms with E-state index in [0.717, 1.165) is 65.4 Å². The molecule has 0 rings (SSSR count). The van der Waals surface area contributed by atoms with E-state index in [0.29, 0.717) is 6.61 Å². The molecule has 7 nitrogen and oxygen atoms in total. The number of aliphatic hydroxyl groups is 4. The van der Waals surface area contributed by atoms with Crippen LogP contribution in [0.15, 0.2) is 0 Å². The summed E-state index contributed by atoms with van der Waals surface area (Å²) in [6, 6.07) is 0. The van der Waals surface area contributed by atoms with Gasteiger partial charge in [0, 0.05) is 15.6 Å². The van der Waals surface area contributed by atoms with E-state index < -0.39 is 0 Å². The second-order valence-corrected chi connectivity index (χ2v) is 11.3. The Labute approximate surface area is 222 Å². The molecule has 0 aromatic rings. The molecule has 0 radical (unpaired) electrons. The predicted molar refractivity (Wildman–Crippen MR) is 173 cm³/mol. The molecule has 0 bridgehead atoms. The van der Waals surface area contributed by atoms with Gasteiger partial charge in [-0.2, -0.15) is 0 Å². The monoisotopic (exact) mass is 601 g/mol. The quantitative estimate of drug-likeness (QED) is 0.141. The van der Waals surface area contributed by atoms with Gasteiger partial charge >= 0.3 is 2.85 Å². The zero-order valence-electron chi connectivity index (χ0n) is 22.6. The van der Waals surface area contributed by atoms with E-state index in [1.54, 1.807) is 7.11 Å². The first-order valence-corrected chi connectivity index (χ1v) is 17.7. The molecule has 0 aliphatic heterocycles. The first-order chi connectivity index (χ1) is 15.7. The Morgan fingerprint density at radius 1 is 0.667 bits per heavy atom. The maximum absolute atomic E-state index is 8.34. The lowest BCUT2D eigenvalue weighted by atomic mass is 10.7. The van der Waals surface area contributed by atoms with Crippen LogP contribution in [-0.2, 0) is 14.2 Å². The lowest BCUT2D eigenvalue weighted by Gasteiger charge is -2.02. The minimum atomic E-state index is -0.125. The number of hydrogen-bond donors (Lipinski definition) is 4. The van der Waals surface area contributed by atoms with Crippen molar-refractivity contribution in [1.29, 1.82) is 0 Å². The Morgan fingerprint density at radius 2 is 1.15 bits per heavy atom. The molecular weight excluding hydrogens is 538 g/mol. The van der Waals surface area contributed by atoms with Crippen molar-refractivity contribution in [2.45, 2.75) is 7.43 Å². The summed E-state index contributed by atoms with van der Waals surface area (Å²) in [6.45, 7) is 5.84. The Balaban J connectivity index is -0.0000000394. The van der Waals surface area contributed by atoms with Crippen molar-refractivity contribution < 1.29 is 38.9 Å². The average molecular weight is 602 g/mol. The van der Waals surface area contributed by atoms with Crippen LogP contribution in [0.25, 0.3) is 0 Å². The van der Waals surface area contributed by atoms with E-state index >= 15 is 0 Å². The van der Waals surface area contributed by atoms with Crippen molar-refractivity contribution >= 4 is 53.5 Å². The van der Waals surface area contributed by atoms with Gasteiger partial charge in [0.1, 0.15) is 0 Å². The average Bonchev–Trinajstić information content (AvgIpc) is 2.85. The second-order valence-electron chi connectivity index (χ2n) is 5.36. The molecule has 212 valence electrons. The van der Waals surface area contributed by atoms with Crippen LogP contribution in [-0.4, -0.2) is 143 Å². The lowest BCUT2D eigenvalue weighted by molar-refractivity contribution is 0.0788. The largest absolute Gasteiger partial charge is 1.00 e. The van der Waals surface area contributed by atoms with Crippen LogP contribution in [0.2, 0.25) is 0 Å². The zero-order valence-corrected chi connectivity index (χ0v) is 27.0. The third-order valence-electron chi connectivity index (χ3n) is 2.65. The molecule has 0 aliphatic rings. The molecule has 6 atom stereocenters. The SMILES string of the molecule is C.CO.COCCOCCPCCPC.OCCO.OCCOCCPCCP.PCCP.[2HH].[H+].[H+]. The van der Waals surface area contributed by atoms with Crippen LogP contribution < -0.4 is 0 Å². The van der Waals surface area contributed by atoms with Gasteiger partial charge in [-0.3, -0.25) is 0 Å². The molecule has 0 spiro atoms. The number of methoxy groups -OCH3 is 1. The molecule has 4 N–H and O–H groups in total. The molecule has 6 unspecified atom stereocenters.